The number of likely N-dealkylation sites (tertiary alicyclic amines) is 1. The van der Waals surface area contributed by atoms with Gasteiger partial charge in [0.15, 0.2) is 0 Å². The van der Waals surface area contributed by atoms with Crippen molar-refractivity contribution in [2.24, 2.45) is 5.92 Å². The minimum absolute atomic E-state index is 0.000747. The molecule has 3 rings (SSSR count). The van der Waals surface area contributed by atoms with Gasteiger partial charge in [0.2, 0.25) is 11.8 Å². The summed E-state index contributed by atoms with van der Waals surface area (Å²) in [7, 11) is 0. The van der Waals surface area contributed by atoms with Crippen molar-refractivity contribution in [3.05, 3.63) is 71.5 Å². The SMILES string of the molecule is CC(C)C(C#N)(CCCCC(=O)N1CCC[C@@H]1C(=O)NC(C)(C)Cc1ccc(F)cc1)c1ccccc1. The van der Waals surface area contributed by atoms with E-state index in [-0.39, 0.29) is 23.5 Å². The Morgan fingerprint density at radius 1 is 1.11 bits per heavy atom. The molecule has 0 saturated carbocycles. The van der Waals surface area contributed by atoms with E-state index < -0.39 is 17.0 Å². The van der Waals surface area contributed by atoms with Crippen LogP contribution >= 0.6 is 0 Å². The first-order chi connectivity index (χ1) is 17.6. The maximum Gasteiger partial charge on any atom is 0.243 e. The van der Waals surface area contributed by atoms with Gasteiger partial charge in [0.25, 0.3) is 0 Å². The molecule has 0 spiro atoms. The zero-order chi connectivity index (χ0) is 27.1. The molecule has 1 N–H and O–H groups in total. The molecule has 0 aromatic heterocycles. The molecule has 1 heterocycles. The maximum atomic E-state index is 13.2. The molecular weight excluding hydrogens is 465 g/mol. The average Bonchev–Trinajstić information content (AvgIpc) is 3.36. The second kappa shape index (κ2) is 12.4. The van der Waals surface area contributed by atoms with Crippen molar-refractivity contribution in [2.45, 2.75) is 89.6 Å². The molecule has 0 aliphatic carbocycles. The lowest BCUT2D eigenvalue weighted by atomic mass is 9.69. The lowest BCUT2D eigenvalue weighted by molar-refractivity contribution is -0.139. The molecule has 0 radical (unpaired) electrons. The van der Waals surface area contributed by atoms with Gasteiger partial charge in [-0.05, 0) is 75.1 Å². The smallest absolute Gasteiger partial charge is 0.243 e. The quantitative estimate of drug-likeness (QED) is 0.385. The molecule has 2 aromatic carbocycles. The van der Waals surface area contributed by atoms with Crippen LogP contribution in [0, 0.1) is 23.1 Å². The van der Waals surface area contributed by atoms with Gasteiger partial charge in [-0.3, -0.25) is 9.59 Å². The van der Waals surface area contributed by atoms with E-state index in [4.69, 9.17) is 0 Å². The molecule has 1 fully saturated rings. The molecule has 37 heavy (non-hydrogen) atoms. The number of nitrogens with zero attached hydrogens (tertiary/aromatic N) is 2. The number of carbonyl (C=O) groups excluding carboxylic acids is 2. The fourth-order valence-corrected chi connectivity index (χ4v) is 5.49. The molecule has 1 aliphatic rings. The first kappa shape index (κ1) is 28.4. The Morgan fingerprint density at radius 2 is 1.78 bits per heavy atom. The fraction of sp³-hybridized carbons (Fsp3) is 0.516. The summed E-state index contributed by atoms with van der Waals surface area (Å²) in [6, 6.07) is 18.3. The van der Waals surface area contributed by atoms with E-state index in [0.717, 1.165) is 24.0 Å². The highest BCUT2D eigenvalue weighted by molar-refractivity contribution is 5.88. The topological polar surface area (TPSA) is 73.2 Å². The van der Waals surface area contributed by atoms with Crippen LogP contribution in [0.15, 0.2) is 54.6 Å². The van der Waals surface area contributed by atoms with E-state index in [9.17, 15) is 19.2 Å². The predicted octanol–water partition coefficient (Wildman–Crippen LogP) is 5.93. The van der Waals surface area contributed by atoms with Gasteiger partial charge in [-0.2, -0.15) is 5.26 Å². The summed E-state index contributed by atoms with van der Waals surface area (Å²) in [6.45, 7) is 8.63. The van der Waals surface area contributed by atoms with Crippen LogP contribution in [0.25, 0.3) is 0 Å². The monoisotopic (exact) mass is 505 g/mol. The second-order valence-corrected chi connectivity index (χ2v) is 11.2. The van der Waals surface area contributed by atoms with Crippen molar-refractivity contribution >= 4 is 11.8 Å². The number of nitrogens with one attached hydrogen (secondary N) is 1. The van der Waals surface area contributed by atoms with Crippen molar-refractivity contribution in [1.29, 1.82) is 5.26 Å². The molecule has 1 unspecified atom stereocenters. The molecular formula is C31H40FN3O2. The standard InChI is InChI=1S/C31H40FN3O2/c1-23(2)31(22-33,25-11-6-5-7-12-25)19-9-8-14-28(36)35-20-10-13-27(35)29(37)34-30(3,4)21-24-15-17-26(32)18-16-24/h5-7,11-12,15-18,23,27H,8-10,13-14,19-21H2,1-4H3,(H,34,37)/t27-,31?/m1/s1. The number of halogens is 1. The molecule has 2 aromatic rings. The Bertz CT molecular complexity index is 1090. The molecule has 198 valence electrons. The van der Waals surface area contributed by atoms with E-state index >= 15 is 0 Å². The molecule has 1 aliphatic heterocycles. The highest BCUT2D eigenvalue weighted by Gasteiger charge is 2.37. The number of nitriles is 1. The number of hydrogen-bond donors (Lipinski definition) is 1. The van der Waals surface area contributed by atoms with Gasteiger partial charge in [-0.15, -0.1) is 0 Å². The molecule has 0 bridgehead atoms. The largest absolute Gasteiger partial charge is 0.349 e. The third-order valence-electron chi connectivity index (χ3n) is 7.58. The zero-order valence-electron chi connectivity index (χ0n) is 22.6. The Morgan fingerprint density at radius 3 is 2.41 bits per heavy atom. The minimum atomic E-state index is -0.573. The zero-order valence-corrected chi connectivity index (χ0v) is 22.6. The average molecular weight is 506 g/mol. The summed E-state index contributed by atoms with van der Waals surface area (Å²) >= 11 is 0. The molecule has 1 saturated heterocycles. The summed E-state index contributed by atoms with van der Waals surface area (Å²) in [5.41, 5.74) is 0.868. The van der Waals surface area contributed by atoms with Crippen LogP contribution in [-0.4, -0.2) is 34.8 Å². The maximum absolute atomic E-state index is 13.2. The Labute approximate surface area is 221 Å². The van der Waals surface area contributed by atoms with Gasteiger partial charge in [0.05, 0.1) is 11.5 Å². The minimum Gasteiger partial charge on any atom is -0.349 e. The number of amides is 2. The molecule has 5 nitrogen and oxygen atoms in total. The summed E-state index contributed by atoms with van der Waals surface area (Å²) in [6.07, 6.45) is 4.55. The highest BCUT2D eigenvalue weighted by atomic mass is 19.1. The predicted molar refractivity (Wildman–Crippen MR) is 144 cm³/mol. The molecule has 6 heteroatoms. The lowest BCUT2D eigenvalue weighted by Gasteiger charge is -2.32. The Kier molecular flexibility index (Phi) is 9.48. The van der Waals surface area contributed by atoms with E-state index in [0.29, 0.717) is 38.6 Å². The lowest BCUT2D eigenvalue weighted by Crippen LogP contribution is -2.53. The summed E-state index contributed by atoms with van der Waals surface area (Å²) in [5.74, 6) is -0.264. The van der Waals surface area contributed by atoms with Gasteiger partial charge in [-0.1, -0.05) is 62.7 Å². The number of unbranched alkanes of at least 4 members (excludes halogenated alkanes) is 1. The number of benzene rings is 2. The van der Waals surface area contributed by atoms with E-state index in [1.165, 1.54) is 12.1 Å². The van der Waals surface area contributed by atoms with Crippen LogP contribution in [0.5, 0.6) is 0 Å². The van der Waals surface area contributed by atoms with Gasteiger partial charge in [-0.25, -0.2) is 4.39 Å². The van der Waals surface area contributed by atoms with Crippen LogP contribution < -0.4 is 5.32 Å². The number of carbonyl (C=O) groups is 2. The Hall–Kier alpha value is -3.20. The summed E-state index contributed by atoms with van der Waals surface area (Å²) in [4.78, 5) is 28.0. The molecule has 2 atom stereocenters. The van der Waals surface area contributed by atoms with Crippen LogP contribution in [0.2, 0.25) is 0 Å². The summed E-state index contributed by atoms with van der Waals surface area (Å²) < 4.78 is 13.2. The fourth-order valence-electron chi connectivity index (χ4n) is 5.49. The normalized spacial score (nSPS) is 17.3. The van der Waals surface area contributed by atoms with Gasteiger partial charge < -0.3 is 10.2 Å². The van der Waals surface area contributed by atoms with Crippen LogP contribution in [0.3, 0.4) is 0 Å². The number of rotatable bonds is 11. The van der Waals surface area contributed by atoms with Crippen LogP contribution in [0.4, 0.5) is 4.39 Å². The summed E-state index contributed by atoms with van der Waals surface area (Å²) in [5, 5.41) is 13.2. The second-order valence-electron chi connectivity index (χ2n) is 11.2. The van der Waals surface area contributed by atoms with Gasteiger partial charge in [0, 0.05) is 18.5 Å². The first-order valence-corrected chi connectivity index (χ1v) is 13.4. The van der Waals surface area contributed by atoms with Crippen molar-refractivity contribution in [3.8, 4) is 6.07 Å². The number of hydrogen-bond acceptors (Lipinski definition) is 3. The molecule has 2 amide bonds. The van der Waals surface area contributed by atoms with Gasteiger partial charge >= 0.3 is 0 Å². The van der Waals surface area contributed by atoms with E-state index in [1.54, 1.807) is 17.0 Å². The van der Waals surface area contributed by atoms with Crippen molar-refractivity contribution in [1.82, 2.24) is 10.2 Å². The highest BCUT2D eigenvalue weighted by Crippen LogP contribution is 2.37. The van der Waals surface area contributed by atoms with Gasteiger partial charge in [0.1, 0.15) is 11.9 Å². The van der Waals surface area contributed by atoms with Crippen LogP contribution in [0.1, 0.15) is 77.3 Å². The van der Waals surface area contributed by atoms with E-state index in [1.807, 2.05) is 44.2 Å². The Balaban J connectivity index is 1.54. The van der Waals surface area contributed by atoms with Crippen molar-refractivity contribution in [3.63, 3.8) is 0 Å². The van der Waals surface area contributed by atoms with Crippen LogP contribution in [-0.2, 0) is 21.4 Å². The third kappa shape index (κ3) is 7.19. The first-order valence-electron chi connectivity index (χ1n) is 13.4. The third-order valence-corrected chi connectivity index (χ3v) is 7.58. The van der Waals surface area contributed by atoms with Crippen molar-refractivity contribution in [2.75, 3.05) is 6.54 Å². The van der Waals surface area contributed by atoms with Crippen molar-refractivity contribution < 1.29 is 14.0 Å². The van der Waals surface area contributed by atoms with E-state index in [2.05, 4.69) is 25.2 Å².